The topological polar surface area (TPSA) is 36.1 Å². The molecule has 0 aliphatic rings. The van der Waals surface area contributed by atoms with Gasteiger partial charge in [-0.25, -0.2) is 4.57 Å². The molecular formula is C15H19ClN2O. The van der Waals surface area contributed by atoms with E-state index < -0.39 is 0 Å². The van der Waals surface area contributed by atoms with Gasteiger partial charge in [0.1, 0.15) is 12.8 Å². The van der Waals surface area contributed by atoms with Crippen LogP contribution in [0.1, 0.15) is 18.1 Å². The molecule has 2 N–H and O–H groups in total. The molecule has 2 rings (SSSR count). The van der Waals surface area contributed by atoms with Gasteiger partial charge in [0.05, 0.1) is 0 Å². The number of rotatable bonds is 4. The second-order valence-corrected chi connectivity index (χ2v) is 4.43. The predicted molar refractivity (Wildman–Crippen MR) is 72.4 cm³/mol. The molecule has 0 fully saturated rings. The molecule has 19 heavy (non-hydrogen) atoms. The molecule has 0 saturated heterocycles. The zero-order valence-corrected chi connectivity index (χ0v) is 12.0. The van der Waals surface area contributed by atoms with E-state index >= 15 is 0 Å². The lowest BCUT2D eigenvalue weighted by Crippen LogP contribution is -3.00. The minimum absolute atomic E-state index is 0. The third-order valence-corrected chi connectivity index (χ3v) is 2.96. The molecule has 0 spiro atoms. The predicted octanol–water partition coefficient (Wildman–Crippen LogP) is -0.605. The van der Waals surface area contributed by atoms with Crippen LogP contribution in [0.25, 0.3) is 0 Å². The number of benzene rings is 1. The zero-order chi connectivity index (χ0) is 13.0. The standard InChI is InChI=1S/C15H18N2O.ClH/c1-3-13-6-7-14(9-15(13)18)16-10-12-5-4-8-17(2)11-12;/h4-9,11,16H,3,10H2,1-2H3;1H. The highest BCUT2D eigenvalue weighted by Crippen LogP contribution is 2.22. The Morgan fingerprint density at radius 3 is 2.68 bits per heavy atom. The molecule has 4 heteroatoms. The van der Waals surface area contributed by atoms with Gasteiger partial charge in [0.15, 0.2) is 12.4 Å². The molecule has 0 atom stereocenters. The summed E-state index contributed by atoms with van der Waals surface area (Å²) in [6.07, 6.45) is 4.93. The van der Waals surface area contributed by atoms with Gasteiger partial charge in [-0.2, -0.15) is 0 Å². The number of aryl methyl sites for hydroxylation is 2. The van der Waals surface area contributed by atoms with Gasteiger partial charge in [0.25, 0.3) is 0 Å². The van der Waals surface area contributed by atoms with Crippen LogP contribution in [0.3, 0.4) is 0 Å². The van der Waals surface area contributed by atoms with E-state index in [2.05, 4.69) is 17.6 Å². The molecular weight excluding hydrogens is 260 g/mol. The first kappa shape index (κ1) is 15.3. The first-order valence-electron chi connectivity index (χ1n) is 6.19. The summed E-state index contributed by atoms with van der Waals surface area (Å²) in [5, 5.41) is 13.1. The highest BCUT2D eigenvalue weighted by molar-refractivity contribution is 5.51. The van der Waals surface area contributed by atoms with E-state index in [0.717, 1.165) is 24.2 Å². The van der Waals surface area contributed by atoms with Crippen LogP contribution in [0.2, 0.25) is 0 Å². The molecule has 0 bridgehead atoms. The average molecular weight is 279 g/mol. The summed E-state index contributed by atoms with van der Waals surface area (Å²) < 4.78 is 2.02. The second kappa shape index (κ2) is 7.00. The summed E-state index contributed by atoms with van der Waals surface area (Å²) in [5.74, 6) is 0.362. The number of anilines is 1. The van der Waals surface area contributed by atoms with Crippen LogP contribution in [0.15, 0.2) is 42.7 Å². The highest BCUT2D eigenvalue weighted by atomic mass is 35.5. The van der Waals surface area contributed by atoms with E-state index in [4.69, 9.17) is 0 Å². The van der Waals surface area contributed by atoms with Gasteiger partial charge in [-0.15, -0.1) is 0 Å². The van der Waals surface area contributed by atoms with Crippen LogP contribution in [0.5, 0.6) is 5.75 Å². The maximum atomic E-state index is 9.79. The molecule has 0 saturated carbocycles. The first-order chi connectivity index (χ1) is 8.69. The Hall–Kier alpha value is -1.74. The number of aromatic hydroxyl groups is 1. The number of aromatic nitrogens is 1. The SMILES string of the molecule is CCc1ccc(NCc2ccc[n+](C)c2)cc1O.[Cl-]. The molecule has 1 aromatic carbocycles. The Balaban J connectivity index is 0.00000180. The van der Waals surface area contributed by atoms with Crippen molar-refractivity contribution < 1.29 is 22.1 Å². The Morgan fingerprint density at radius 2 is 2.05 bits per heavy atom. The third-order valence-electron chi connectivity index (χ3n) is 2.96. The van der Waals surface area contributed by atoms with Gasteiger partial charge in [0.2, 0.25) is 0 Å². The zero-order valence-electron chi connectivity index (χ0n) is 11.2. The van der Waals surface area contributed by atoms with Crippen LogP contribution in [-0.2, 0) is 20.0 Å². The minimum Gasteiger partial charge on any atom is -1.00 e. The van der Waals surface area contributed by atoms with Crippen LogP contribution in [-0.4, -0.2) is 5.11 Å². The van der Waals surface area contributed by atoms with Crippen LogP contribution in [0.4, 0.5) is 5.69 Å². The number of halogens is 1. The Morgan fingerprint density at radius 1 is 1.26 bits per heavy atom. The van der Waals surface area contributed by atoms with Crippen LogP contribution < -0.4 is 22.3 Å². The summed E-state index contributed by atoms with van der Waals surface area (Å²) >= 11 is 0. The van der Waals surface area contributed by atoms with Gasteiger partial charge in [-0.3, -0.25) is 0 Å². The molecule has 0 radical (unpaired) electrons. The average Bonchev–Trinajstić information content (AvgIpc) is 2.37. The summed E-state index contributed by atoms with van der Waals surface area (Å²) in [5.41, 5.74) is 3.13. The fourth-order valence-corrected chi connectivity index (χ4v) is 1.93. The van der Waals surface area contributed by atoms with Gasteiger partial charge in [0, 0.05) is 29.9 Å². The van der Waals surface area contributed by atoms with E-state index in [1.807, 2.05) is 42.9 Å². The monoisotopic (exact) mass is 278 g/mol. The van der Waals surface area contributed by atoms with E-state index in [0.29, 0.717) is 5.75 Å². The lowest BCUT2D eigenvalue weighted by Gasteiger charge is -2.08. The molecule has 1 aromatic heterocycles. The largest absolute Gasteiger partial charge is 1.00 e. The molecule has 0 amide bonds. The van der Waals surface area contributed by atoms with Crippen molar-refractivity contribution in [1.29, 1.82) is 0 Å². The highest BCUT2D eigenvalue weighted by Gasteiger charge is 2.02. The summed E-state index contributed by atoms with van der Waals surface area (Å²) in [4.78, 5) is 0. The molecule has 0 aliphatic heterocycles. The van der Waals surface area contributed by atoms with Crippen molar-refractivity contribution in [2.24, 2.45) is 7.05 Å². The Kier molecular flexibility index (Phi) is 5.64. The first-order valence-corrected chi connectivity index (χ1v) is 6.19. The molecule has 0 unspecified atom stereocenters. The Labute approximate surface area is 120 Å². The quantitative estimate of drug-likeness (QED) is 0.733. The number of nitrogens with zero attached hydrogens (tertiary/aromatic N) is 1. The van der Waals surface area contributed by atoms with Crippen molar-refractivity contribution in [2.75, 3.05) is 5.32 Å². The Bertz CT molecular complexity index is 543. The number of phenols is 1. The van der Waals surface area contributed by atoms with E-state index in [-0.39, 0.29) is 12.4 Å². The van der Waals surface area contributed by atoms with Gasteiger partial charge in [-0.05, 0) is 24.1 Å². The fourth-order valence-electron chi connectivity index (χ4n) is 1.93. The van der Waals surface area contributed by atoms with Crippen LogP contribution in [0, 0.1) is 0 Å². The van der Waals surface area contributed by atoms with Crippen molar-refractivity contribution in [1.82, 2.24) is 0 Å². The van der Waals surface area contributed by atoms with Crippen molar-refractivity contribution >= 4 is 5.69 Å². The van der Waals surface area contributed by atoms with E-state index in [9.17, 15) is 5.11 Å². The van der Waals surface area contributed by atoms with E-state index in [1.165, 1.54) is 5.56 Å². The number of phenolic OH excluding ortho intramolecular Hbond substituents is 1. The minimum atomic E-state index is 0. The number of nitrogens with one attached hydrogen (secondary N) is 1. The molecule has 1 heterocycles. The number of hydrogen-bond acceptors (Lipinski definition) is 2. The lowest BCUT2D eigenvalue weighted by molar-refractivity contribution is -0.671. The summed E-state index contributed by atoms with van der Waals surface area (Å²) in [6, 6.07) is 9.84. The molecule has 0 aliphatic carbocycles. The molecule has 3 nitrogen and oxygen atoms in total. The van der Waals surface area contributed by atoms with Gasteiger partial charge >= 0.3 is 0 Å². The normalized spacial score (nSPS) is 9.79. The number of hydrogen-bond donors (Lipinski definition) is 2. The maximum Gasteiger partial charge on any atom is 0.173 e. The van der Waals surface area contributed by atoms with Crippen molar-refractivity contribution in [3.63, 3.8) is 0 Å². The maximum absolute atomic E-state index is 9.79. The van der Waals surface area contributed by atoms with Crippen molar-refractivity contribution in [3.05, 3.63) is 53.9 Å². The second-order valence-electron chi connectivity index (χ2n) is 4.43. The van der Waals surface area contributed by atoms with Crippen LogP contribution >= 0.6 is 0 Å². The summed E-state index contributed by atoms with van der Waals surface area (Å²) in [7, 11) is 2.01. The lowest BCUT2D eigenvalue weighted by atomic mass is 10.1. The van der Waals surface area contributed by atoms with Crippen molar-refractivity contribution in [2.45, 2.75) is 19.9 Å². The molecule has 102 valence electrons. The number of pyridine rings is 1. The summed E-state index contributed by atoms with van der Waals surface area (Å²) in [6.45, 7) is 2.78. The van der Waals surface area contributed by atoms with Gasteiger partial charge < -0.3 is 22.8 Å². The third kappa shape index (κ3) is 4.14. The molecule has 2 aromatic rings. The van der Waals surface area contributed by atoms with Gasteiger partial charge in [-0.1, -0.05) is 13.0 Å². The fraction of sp³-hybridized carbons (Fsp3) is 0.267. The van der Waals surface area contributed by atoms with Crippen molar-refractivity contribution in [3.8, 4) is 5.75 Å². The smallest absolute Gasteiger partial charge is 0.173 e. The van der Waals surface area contributed by atoms with E-state index in [1.54, 1.807) is 6.07 Å².